The van der Waals surface area contributed by atoms with Gasteiger partial charge < -0.3 is 9.74 Å². The zero-order valence-electron chi connectivity index (χ0n) is 14.3. The van der Waals surface area contributed by atoms with E-state index in [4.69, 9.17) is 4.43 Å². The Kier molecular flexibility index (Phi) is 5.02. The van der Waals surface area contributed by atoms with Crippen LogP contribution in [-0.4, -0.2) is 30.3 Å². The summed E-state index contributed by atoms with van der Waals surface area (Å²) in [6.07, 6.45) is 2.94. The fourth-order valence-corrected chi connectivity index (χ4v) is 9.29. The predicted molar refractivity (Wildman–Crippen MR) is 88.8 cm³/mol. The third-order valence-corrected chi connectivity index (χ3v) is 10.8. The van der Waals surface area contributed by atoms with Gasteiger partial charge in [0.2, 0.25) is 8.32 Å². The molecule has 0 spiro atoms. The molecule has 0 unspecified atom stereocenters. The summed E-state index contributed by atoms with van der Waals surface area (Å²) in [6.45, 7) is 13.3. The summed E-state index contributed by atoms with van der Waals surface area (Å²) in [7, 11) is -2.09. The Hall–Kier alpha value is -1.27. The standard InChI is InChI=1S/C16H27N3O2Si/c1-10(2)22(11(3)4,12(5)6)21-14-13(19-16(14)20)15-17-8-7-9-18-15/h7-14H,1-6H3,(H,19,20)/t13-,14-/m1/s1. The molecule has 1 fully saturated rings. The molecule has 1 N–H and O–H groups in total. The number of hydrogen-bond donors (Lipinski definition) is 1. The normalized spacial score (nSPS) is 22.1. The number of nitrogens with one attached hydrogen (secondary N) is 1. The summed E-state index contributed by atoms with van der Waals surface area (Å²) in [5, 5.41) is 2.88. The lowest BCUT2D eigenvalue weighted by Gasteiger charge is -2.48. The fraction of sp³-hybridized carbons (Fsp3) is 0.688. The van der Waals surface area contributed by atoms with Crippen molar-refractivity contribution in [2.45, 2.75) is 70.3 Å². The first kappa shape index (κ1) is 17.1. The van der Waals surface area contributed by atoms with Crippen LogP contribution in [0.3, 0.4) is 0 Å². The summed E-state index contributed by atoms with van der Waals surface area (Å²) in [5.74, 6) is 0.586. The first-order valence-electron chi connectivity index (χ1n) is 8.05. The van der Waals surface area contributed by atoms with Gasteiger partial charge in [-0.1, -0.05) is 41.5 Å². The molecule has 2 rings (SSSR count). The van der Waals surface area contributed by atoms with E-state index in [0.29, 0.717) is 22.4 Å². The van der Waals surface area contributed by atoms with Crippen molar-refractivity contribution < 1.29 is 9.22 Å². The number of aromatic nitrogens is 2. The Balaban J connectivity index is 2.27. The third-order valence-electron chi connectivity index (χ3n) is 4.76. The van der Waals surface area contributed by atoms with Gasteiger partial charge in [-0.05, 0) is 22.7 Å². The Morgan fingerprint density at radius 1 is 1.05 bits per heavy atom. The quantitative estimate of drug-likeness (QED) is 0.645. The van der Waals surface area contributed by atoms with E-state index in [-0.39, 0.29) is 11.9 Å². The number of hydrogen-bond acceptors (Lipinski definition) is 4. The van der Waals surface area contributed by atoms with E-state index in [9.17, 15) is 4.79 Å². The van der Waals surface area contributed by atoms with Crippen LogP contribution < -0.4 is 5.32 Å². The molecule has 1 aliphatic heterocycles. The zero-order valence-corrected chi connectivity index (χ0v) is 15.3. The van der Waals surface area contributed by atoms with Gasteiger partial charge in [0.25, 0.3) is 5.91 Å². The summed E-state index contributed by atoms with van der Waals surface area (Å²) in [6, 6.07) is 1.55. The van der Waals surface area contributed by atoms with Gasteiger partial charge in [0, 0.05) is 12.4 Å². The number of carbonyl (C=O) groups excluding carboxylic acids is 1. The maximum atomic E-state index is 12.1. The van der Waals surface area contributed by atoms with Crippen molar-refractivity contribution >= 4 is 14.2 Å². The average molecular weight is 321 g/mol. The number of amides is 1. The summed E-state index contributed by atoms with van der Waals surface area (Å²) >= 11 is 0. The highest BCUT2D eigenvalue weighted by atomic mass is 28.4. The van der Waals surface area contributed by atoms with E-state index in [1.807, 2.05) is 0 Å². The smallest absolute Gasteiger partial charge is 0.251 e. The van der Waals surface area contributed by atoms with Gasteiger partial charge in [-0.3, -0.25) is 4.79 Å². The van der Waals surface area contributed by atoms with Gasteiger partial charge in [-0.15, -0.1) is 0 Å². The highest BCUT2D eigenvalue weighted by Gasteiger charge is 2.53. The van der Waals surface area contributed by atoms with Crippen molar-refractivity contribution in [3.63, 3.8) is 0 Å². The maximum absolute atomic E-state index is 12.1. The van der Waals surface area contributed by atoms with Crippen LogP contribution in [0.1, 0.15) is 53.4 Å². The van der Waals surface area contributed by atoms with Crippen LogP contribution in [-0.2, 0) is 9.22 Å². The Morgan fingerprint density at radius 2 is 1.55 bits per heavy atom. The Labute approximate surface area is 134 Å². The molecular formula is C16H27N3O2Si. The molecule has 6 heteroatoms. The molecule has 1 aliphatic rings. The lowest BCUT2D eigenvalue weighted by molar-refractivity contribution is -0.141. The van der Waals surface area contributed by atoms with E-state index >= 15 is 0 Å². The van der Waals surface area contributed by atoms with Gasteiger partial charge in [0.05, 0.1) is 0 Å². The highest BCUT2D eigenvalue weighted by Crippen LogP contribution is 2.45. The van der Waals surface area contributed by atoms with Crippen molar-refractivity contribution in [1.82, 2.24) is 15.3 Å². The van der Waals surface area contributed by atoms with Crippen molar-refractivity contribution in [3.05, 3.63) is 24.3 Å². The monoisotopic (exact) mass is 321 g/mol. The van der Waals surface area contributed by atoms with Gasteiger partial charge in [-0.25, -0.2) is 9.97 Å². The van der Waals surface area contributed by atoms with Crippen LogP contribution in [0.5, 0.6) is 0 Å². The van der Waals surface area contributed by atoms with Crippen LogP contribution >= 0.6 is 0 Å². The lowest BCUT2D eigenvalue weighted by Crippen LogP contribution is -2.63. The summed E-state index contributed by atoms with van der Waals surface area (Å²) in [5.41, 5.74) is 1.33. The molecule has 0 aliphatic carbocycles. The van der Waals surface area contributed by atoms with Crippen LogP contribution in [0.2, 0.25) is 16.6 Å². The second kappa shape index (κ2) is 6.46. The van der Waals surface area contributed by atoms with Crippen molar-refractivity contribution in [2.75, 3.05) is 0 Å². The first-order valence-corrected chi connectivity index (χ1v) is 10.2. The molecule has 1 aromatic heterocycles. The highest BCUT2D eigenvalue weighted by molar-refractivity contribution is 6.77. The van der Waals surface area contributed by atoms with E-state index in [1.54, 1.807) is 18.5 Å². The molecule has 0 saturated carbocycles. The van der Waals surface area contributed by atoms with Crippen LogP contribution in [0.4, 0.5) is 0 Å². The van der Waals surface area contributed by atoms with Gasteiger partial charge in [0.15, 0.2) is 11.9 Å². The molecule has 2 atom stereocenters. The Morgan fingerprint density at radius 3 is 1.95 bits per heavy atom. The maximum Gasteiger partial charge on any atom is 0.251 e. The molecule has 2 heterocycles. The number of β-lactam (4-membered cyclic amide) rings is 1. The van der Waals surface area contributed by atoms with Crippen molar-refractivity contribution in [2.24, 2.45) is 0 Å². The summed E-state index contributed by atoms with van der Waals surface area (Å²) in [4.78, 5) is 20.6. The molecule has 0 aromatic carbocycles. The number of nitrogens with zero attached hydrogens (tertiary/aromatic N) is 2. The molecule has 1 saturated heterocycles. The second-order valence-corrected chi connectivity index (χ2v) is 12.4. The average Bonchev–Trinajstić information content (AvgIpc) is 2.45. The predicted octanol–water partition coefficient (Wildman–Crippen LogP) is 3.21. The first-order chi connectivity index (χ1) is 10.3. The molecule has 0 radical (unpaired) electrons. The zero-order chi connectivity index (χ0) is 16.5. The van der Waals surface area contributed by atoms with Gasteiger partial charge in [-0.2, -0.15) is 0 Å². The Bertz CT molecular complexity index is 498. The molecule has 5 nitrogen and oxygen atoms in total. The number of rotatable bonds is 6. The molecule has 1 amide bonds. The second-order valence-electron chi connectivity index (χ2n) is 6.95. The minimum absolute atomic E-state index is 0.0451. The van der Waals surface area contributed by atoms with Gasteiger partial charge in [0.1, 0.15) is 6.04 Å². The summed E-state index contributed by atoms with van der Waals surface area (Å²) < 4.78 is 6.58. The molecule has 22 heavy (non-hydrogen) atoms. The van der Waals surface area contributed by atoms with E-state index in [0.717, 1.165) is 0 Å². The molecule has 1 aromatic rings. The number of carbonyl (C=O) groups is 1. The largest absolute Gasteiger partial charge is 0.402 e. The van der Waals surface area contributed by atoms with Gasteiger partial charge >= 0.3 is 0 Å². The van der Waals surface area contributed by atoms with Crippen LogP contribution in [0.25, 0.3) is 0 Å². The van der Waals surface area contributed by atoms with E-state index < -0.39 is 14.4 Å². The lowest BCUT2D eigenvalue weighted by atomic mass is 10.0. The van der Waals surface area contributed by atoms with E-state index in [1.165, 1.54) is 0 Å². The van der Waals surface area contributed by atoms with E-state index in [2.05, 4.69) is 56.8 Å². The molecule has 122 valence electrons. The van der Waals surface area contributed by atoms with Crippen LogP contribution in [0, 0.1) is 0 Å². The van der Waals surface area contributed by atoms with Crippen molar-refractivity contribution in [3.8, 4) is 0 Å². The molecule has 0 bridgehead atoms. The van der Waals surface area contributed by atoms with Crippen molar-refractivity contribution in [1.29, 1.82) is 0 Å². The van der Waals surface area contributed by atoms with Crippen LogP contribution in [0.15, 0.2) is 18.5 Å². The minimum atomic E-state index is -2.09. The SMILES string of the molecule is CC(C)[Si](O[C@H]1C(=O)N[C@H]1c1ncccn1)(C(C)C)C(C)C. The topological polar surface area (TPSA) is 64.1 Å². The third kappa shape index (κ3) is 2.81. The fourth-order valence-electron chi connectivity index (χ4n) is 3.79. The minimum Gasteiger partial charge on any atom is -0.402 e. The molecular weight excluding hydrogens is 294 g/mol.